The van der Waals surface area contributed by atoms with E-state index in [0.29, 0.717) is 21.4 Å². The monoisotopic (exact) mass is 343 g/mol. The standard InChI is InChI=1S/C13H11BrClNOS/c14-10-6-5-9(12(16)7-10)8-18(17)13-4-2-1-3-11(13)15/h1-7H,8,16H2. The number of rotatable bonds is 3. The molecule has 0 bridgehead atoms. The zero-order chi connectivity index (χ0) is 13.1. The van der Waals surface area contributed by atoms with E-state index in [1.165, 1.54) is 0 Å². The van der Waals surface area contributed by atoms with Gasteiger partial charge < -0.3 is 5.73 Å². The normalized spacial score (nSPS) is 12.3. The van der Waals surface area contributed by atoms with Gasteiger partial charge in [0.25, 0.3) is 0 Å². The lowest BCUT2D eigenvalue weighted by Crippen LogP contribution is -2.01. The van der Waals surface area contributed by atoms with Crippen LogP contribution >= 0.6 is 27.5 Å². The van der Waals surface area contributed by atoms with Crippen molar-refractivity contribution in [1.29, 1.82) is 0 Å². The summed E-state index contributed by atoms with van der Waals surface area (Å²) < 4.78 is 13.1. The molecule has 2 aromatic carbocycles. The van der Waals surface area contributed by atoms with Crippen LogP contribution in [0, 0.1) is 0 Å². The van der Waals surface area contributed by atoms with Crippen molar-refractivity contribution in [3.63, 3.8) is 0 Å². The van der Waals surface area contributed by atoms with Crippen molar-refractivity contribution < 1.29 is 4.21 Å². The number of nitrogen functional groups attached to an aromatic ring is 1. The minimum absolute atomic E-state index is 0.364. The van der Waals surface area contributed by atoms with Crippen LogP contribution in [-0.4, -0.2) is 4.21 Å². The highest BCUT2D eigenvalue weighted by Gasteiger charge is 2.10. The smallest absolute Gasteiger partial charge is 0.0590 e. The molecule has 18 heavy (non-hydrogen) atoms. The van der Waals surface area contributed by atoms with Crippen LogP contribution in [0.15, 0.2) is 51.8 Å². The third-order valence-corrected chi connectivity index (χ3v) is 4.83. The summed E-state index contributed by atoms with van der Waals surface area (Å²) in [7, 11) is -1.19. The highest BCUT2D eigenvalue weighted by Crippen LogP contribution is 2.24. The quantitative estimate of drug-likeness (QED) is 0.855. The lowest BCUT2D eigenvalue weighted by atomic mass is 10.2. The third-order valence-electron chi connectivity index (χ3n) is 2.48. The fraction of sp³-hybridized carbons (Fsp3) is 0.0769. The van der Waals surface area contributed by atoms with Crippen molar-refractivity contribution in [2.24, 2.45) is 0 Å². The molecule has 94 valence electrons. The molecular weight excluding hydrogens is 334 g/mol. The molecule has 0 aromatic heterocycles. The molecule has 2 rings (SSSR count). The summed E-state index contributed by atoms with van der Waals surface area (Å²) in [6, 6.07) is 12.7. The summed E-state index contributed by atoms with van der Waals surface area (Å²) in [4.78, 5) is 0.640. The molecule has 0 aliphatic rings. The Kier molecular flexibility index (Phi) is 4.43. The fourth-order valence-corrected chi connectivity index (χ4v) is 3.54. The molecule has 2 nitrogen and oxygen atoms in total. The van der Waals surface area contributed by atoms with E-state index in [2.05, 4.69) is 15.9 Å². The van der Waals surface area contributed by atoms with Crippen molar-refractivity contribution in [2.75, 3.05) is 5.73 Å². The van der Waals surface area contributed by atoms with E-state index in [0.717, 1.165) is 10.0 Å². The molecule has 5 heteroatoms. The first kappa shape index (κ1) is 13.6. The van der Waals surface area contributed by atoms with Crippen LogP contribution < -0.4 is 5.73 Å². The first-order valence-electron chi connectivity index (χ1n) is 5.25. The average Bonchev–Trinajstić information content (AvgIpc) is 2.33. The van der Waals surface area contributed by atoms with Crippen molar-refractivity contribution in [3.8, 4) is 0 Å². The third kappa shape index (κ3) is 3.13. The summed E-state index contributed by atoms with van der Waals surface area (Å²) in [6.07, 6.45) is 0. The largest absolute Gasteiger partial charge is 0.398 e. The Balaban J connectivity index is 2.24. The fourth-order valence-electron chi connectivity index (χ4n) is 1.55. The zero-order valence-corrected chi connectivity index (χ0v) is 12.6. The van der Waals surface area contributed by atoms with Gasteiger partial charge in [0.1, 0.15) is 0 Å². The van der Waals surface area contributed by atoms with Gasteiger partial charge in [0.05, 0.1) is 26.5 Å². The van der Waals surface area contributed by atoms with Crippen molar-refractivity contribution in [3.05, 3.63) is 57.5 Å². The van der Waals surface area contributed by atoms with Crippen LogP contribution in [-0.2, 0) is 16.6 Å². The molecule has 0 saturated heterocycles. The molecule has 0 spiro atoms. The summed E-state index contributed by atoms with van der Waals surface area (Å²) in [5.41, 5.74) is 7.38. The molecule has 1 atom stereocenters. The number of benzene rings is 2. The Morgan fingerprint density at radius 3 is 2.61 bits per heavy atom. The Labute approximate surface area is 122 Å². The molecule has 0 aliphatic carbocycles. The molecule has 0 fully saturated rings. The van der Waals surface area contributed by atoms with Crippen LogP contribution in [0.2, 0.25) is 5.02 Å². The van der Waals surface area contributed by atoms with Gasteiger partial charge in [0.2, 0.25) is 0 Å². The van der Waals surface area contributed by atoms with Gasteiger partial charge in [-0.3, -0.25) is 4.21 Å². The summed E-state index contributed by atoms with van der Waals surface area (Å²) in [5, 5.41) is 0.520. The average molecular weight is 345 g/mol. The minimum atomic E-state index is -1.19. The maximum absolute atomic E-state index is 12.2. The maximum Gasteiger partial charge on any atom is 0.0590 e. The molecule has 2 aromatic rings. The first-order chi connectivity index (χ1) is 8.58. The van der Waals surface area contributed by atoms with Gasteiger partial charge in [-0.15, -0.1) is 0 Å². The Hall–Kier alpha value is -0.840. The number of nitrogens with two attached hydrogens (primary N) is 1. The Bertz CT molecular complexity index is 603. The van der Waals surface area contributed by atoms with Crippen LogP contribution in [0.25, 0.3) is 0 Å². The lowest BCUT2D eigenvalue weighted by molar-refractivity contribution is 0.682. The second kappa shape index (κ2) is 5.87. The molecule has 0 radical (unpaired) electrons. The van der Waals surface area contributed by atoms with E-state index in [1.54, 1.807) is 18.2 Å². The van der Waals surface area contributed by atoms with E-state index >= 15 is 0 Å². The molecule has 2 N–H and O–H groups in total. The molecule has 0 amide bonds. The molecular formula is C13H11BrClNOS. The first-order valence-corrected chi connectivity index (χ1v) is 7.73. The highest BCUT2D eigenvalue weighted by molar-refractivity contribution is 9.10. The number of hydrogen-bond acceptors (Lipinski definition) is 2. The number of halogens is 2. The maximum atomic E-state index is 12.2. The molecule has 1 unspecified atom stereocenters. The van der Waals surface area contributed by atoms with Crippen molar-refractivity contribution >= 4 is 44.0 Å². The van der Waals surface area contributed by atoms with E-state index in [1.807, 2.05) is 24.3 Å². The van der Waals surface area contributed by atoms with Crippen molar-refractivity contribution in [1.82, 2.24) is 0 Å². The summed E-state index contributed by atoms with van der Waals surface area (Å²) in [5.74, 6) is 0.364. The van der Waals surface area contributed by atoms with Gasteiger partial charge in [0.15, 0.2) is 0 Å². The summed E-state index contributed by atoms with van der Waals surface area (Å²) in [6.45, 7) is 0. The topological polar surface area (TPSA) is 43.1 Å². The van der Waals surface area contributed by atoms with Gasteiger partial charge in [-0.05, 0) is 29.8 Å². The van der Waals surface area contributed by atoms with E-state index in [4.69, 9.17) is 17.3 Å². The van der Waals surface area contributed by atoms with Crippen LogP contribution in [0.5, 0.6) is 0 Å². The van der Waals surface area contributed by atoms with Crippen LogP contribution in [0.1, 0.15) is 5.56 Å². The molecule has 0 aliphatic heterocycles. The molecule has 0 heterocycles. The number of hydrogen-bond donors (Lipinski definition) is 1. The van der Waals surface area contributed by atoms with Gasteiger partial charge in [0, 0.05) is 10.2 Å². The van der Waals surface area contributed by atoms with E-state index in [9.17, 15) is 4.21 Å². The minimum Gasteiger partial charge on any atom is -0.398 e. The van der Waals surface area contributed by atoms with Gasteiger partial charge in [-0.1, -0.05) is 45.7 Å². The number of anilines is 1. The second-order valence-electron chi connectivity index (χ2n) is 3.76. The van der Waals surface area contributed by atoms with Gasteiger partial charge in [-0.25, -0.2) is 0 Å². The predicted molar refractivity (Wildman–Crippen MR) is 80.1 cm³/mol. The van der Waals surface area contributed by atoms with E-state index < -0.39 is 10.8 Å². The highest BCUT2D eigenvalue weighted by atomic mass is 79.9. The van der Waals surface area contributed by atoms with Gasteiger partial charge >= 0.3 is 0 Å². The SMILES string of the molecule is Nc1cc(Br)ccc1CS(=O)c1ccccc1Cl. The van der Waals surface area contributed by atoms with Crippen molar-refractivity contribution in [2.45, 2.75) is 10.6 Å². The Morgan fingerprint density at radius 2 is 1.94 bits per heavy atom. The van der Waals surface area contributed by atoms with Crippen LogP contribution in [0.3, 0.4) is 0 Å². The van der Waals surface area contributed by atoms with Crippen LogP contribution in [0.4, 0.5) is 5.69 Å². The van der Waals surface area contributed by atoms with E-state index in [-0.39, 0.29) is 0 Å². The lowest BCUT2D eigenvalue weighted by Gasteiger charge is -2.07. The Morgan fingerprint density at radius 1 is 1.22 bits per heavy atom. The summed E-state index contributed by atoms with van der Waals surface area (Å²) >= 11 is 9.36. The van der Waals surface area contributed by atoms with Gasteiger partial charge in [-0.2, -0.15) is 0 Å². The molecule has 0 saturated carbocycles. The predicted octanol–water partition coefficient (Wildman–Crippen LogP) is 3.99. The zero-order valence-electron chi connectivity index (χ0n) is 9.40. The second-order valence-corrected chi connectivity index (χ2v) is 6.51.